The van der Waals surface area contributed by atoms with Gasteiger partial charge in [0.2, 0.25) is 0 Å². The molecule has 0 saturated heterocycles. The summed E-state index contributed by atoms with van der Waals surface area (Å²) < 4.78 is 0. The molecule has 3 nitrogen and oxygen atoms in total. The maximum Gasteiger partial charge on any atom is 0.142 e. The van der Waals surface area contributed by atoms with Gasteiger partial charge in [0.05, 0.1) is 17.6 Å². The Morgan fingerprint density at radius 1 is 0.800 bits per heavy atom. The minimum Gasteiger partial charge on any atom is -0.382 e. The molecular weight excluding hydrogens is 246 g/mol. The summed E-state index contributed by atoms with van der Waals surface area (Å²) in [7, 11) is 0. The van der Waals surface area contributed by atoms with E-state index in [1.807, 2.05) is 25.1 Å². The van der Waals surface area contributed by atoms with Crippen LogP contribution in [0, 0.1) is 6.92 Å². The first-order valence-electron chi connectivity index (χ1n) is 6.49. The summed E-state index contributed by atoms with van der Waals surface area (Å²) in [5.74, 6) is 0.451. The second-order valence-electron chi connectivity index (χ2n) is 4.67. The minimum absolute atomic E-state index is 0.451. The van der Waals surface area contributed by atoms with E-state index in [2.05, 4.69) is 46.4 Å². The van der Waals surface area contributed by atoms with Crippen molar-refractivity contribution in [2.75, 3.05) is 5.73 Å². The molecule has 0 radical (unpaired) electrons. The maximum atomic E-state index is 5.63. The van der Waals surface area contributed by atoms with Gasteiger partial charge in [-0.2, -0.15) is 0 Å². The third kappa shape index (κ3) is 2.38. The predicted molar refractivity (Wildman–Crippen MR) is 82.1 cm³/mol. The van der Waals surface area contributed by atoms with Crippen LogP contribution in [0.3, 0.4) is 0 Å². The molecule has 20 heavy (non-hydrogen) atoms. The molecule has 0 aliphatic heterocycles. The highest BCUT2D eigenvalue weighted by molar-refractivity contribution is 5.69. The van der Waals surface area contributed by atoms with Crippen LogP contribution in [0.1, 0.15) is 5.69 Å². The lowest BCUT2D eigenvalue weighted by molar-refractivity contribution is 1.13. The fourth-order valence-electron chi connectivity index (χ4n) is 2.23. The van der Waals surface area contributed by atoms with Crippen molar-refractivity contribution in [2.24, 2.45) is 0 Å². The highest BCUT2D eigenvalue weighted by Crippen LogP contribution is 2.25. The number of hydrogen-bond donors (Lipinski definition) is 1. The van der Waals surface area contributed by atoms with Gasteiger partial charge in [-0.25, -0.2) is 4.98 Å². The lowest BCUT2D eigenvalue weighted by atomic mass is 10.0. The molecule has 2 N–H and O–H groups in total. The lowest BCUT2D eigenvalue weighted by Crippen LogP contribution is -1.97. The van der Waals surface area contributed by atoms with Crippen LogP contribution in [-0.2, 0) is 0 Å². The van der Waals surface area contributed by atoms with Gasteiger partial charge in [-0.15, -0.1) is 0 Å². The highest BCUT2D eigenvalue weighted by atomic mass is 14.9. The van der Waals surface area contributed by atoms with Gasteiger partial charge in [-0.05, 0) is 18.1 Å². The largest absolute Gasteiger partial charge is 0.382 e. The molecule has 0 fully saturated rings. The molecule has 0 spiro atoms. The normalized spacial score (nSPS) is 10.4. The Morgan fingerprint density at radius 3 is 2.05 bits per heavy atom. The van der Waals surface area contributed by atoms with E-state index in [-0.39, 0.29) is 0 Å². The number of nitrogens with zero attached hydrogens (tertiary/aromatic N) is 2. The first kappa shape index (κ1) is 12.4. The number of nitrogen functional groups attached to an aromatic ring is 1. The molecular formula is C17H15N3. The molecule has 1 heterocycles. The van der Waals surface area contributed by atoms with Crippen LogP contribution in [0.5, 0.6) is 0 Å². The smallest absolute Gasteiger partial charge is 0.142 e. The van der Waals surface area contributed by atoms with Crippen LogP contribution in [0.4, 0.5) is 5.82 Å². The molecule has 3 aromatic rings. The topological polar surface area (TPSA) is 51.8 Å². The van der Waals surface area contributed by atoms with Gasteiger partial charge in [-0.1, -0.05) is 54.6 Å². The first-order chi connectivity index (χ1) is 9.74. The summed E-state index contributed by atoms with van der Waals surface area (Å²) in [4.78, 5) is 8.61. The predicted octanol–water partition coefficient (Wildman–Crippen LogP) is 3.70. The zero-order valence-electron chi connectivity index (χ0n) is 11.2. The maximum absolute atomic E-state index is 5.63. The van der Waals surface area contributed by atoms with Gasteiger partial charge in [0.25, 0.3) is 0 Å². The van der Waals surface area contributed by atoms with Gasteiger partial charge < -0.3 is 5.73 Å². The van der Waals surface area contributed by atoms with E-state index in [1.54, 1.807) is 6.20 Å². The van der Waals surface area contributed by atoms with Gasteiger partial charge in [0.1, 0.15) is 5.82 Å². The van der Waals surface area contributed by atoms with E-state index in [0.29, 0.717) is 5.82 Å². The van der Waals surface area contributed by atoms with Gasteiger partial charge in [0, 0.05) is 5.56 Å². The number of rotatable bonds is 2. The quantitative estimate of drug-likeness (QED) is 0.765. The molecule has 0 atom stereocenters. The van der Waals surface area contributed by atoms with Crippen molar-refractivity contribution in [3.63, 3.8) is 0 Å². The summed E-state index contributed by atoms with van der Waals surface area (Å²) in [6.07, 6.45) is 1.59. The Labute approximate surface area is 118 Å². The van der Waals surface area contributed by atoms with Gasteiger partial charge >= 0.3 is 0 Å². The van der Waals surface area contributed by atoms with Crippen molar-refractivity contribution in [2.45, 2.75) is 6.92 Å². The van der Waals surface area contributed by atoms with E-state index < -0.39 is 0 Å². The number of benzene rings is 2. The molecule has 0 saturated carbocycles. The monoisotopic (exact) mass is 261 g/mol. The van der Waals surface area contributed by atoms with E-state index in [1.165, 1.54) is 11.1 Å². The zero-order valence-corrected chi connectivity index (χ0v) is 11.2. The molecule has 98 valence electrons. The third-order valence-electron chi connectivity index (χ3n) is 3.23. The summed E-state index contributed by atoms with van der Waals surface area (Å²) in [5.41, 5.74) is 10.8. The molecule has 2 aromatic carbocycles. The number of hydrogen-bond acceptors (Lipinski definition) is 3. The van der Waals surface area contributed by atoms with E-state index >= 15 is 0 Å². The second-order valence-corrected chi connectivity index (χ2v) is 4.67. The van der Waals surface area contributed by atoms with Crippen LogP contribution >= 0.6 is 0 Å². The molecule has 3 heteroatoms. The van der Waals surface area contributed by atoms with Crippen molar-refractivity contribution in [3.8, 4) is 22.4 Å². The minimum atomic E-state index is 0.451. The van der Waals surface area contributed by atoms with Crippen molar-refractivity contribution < 1.29 is 0 Å². The lowest BCUT2D eigenvalue weighted by Gasteiger charge is -2.06. The molecule has 0 amide bonds. The molecule has 0 aliphatic carbocycles. The molecule has 0 bridgehead atoms. The zero-order chi connectivity index (χ0) is 13.9. The van der Waals surface area contributed by atoms with Gasteiger partial charge in [-0.3, -0.25) is 4.98 Å². The highest BCUT2D eigenvalue weighted by Gasteiger charge is 2.05. The van der Waals surface area contributed by atoms with Crippen LogP contribution in [-0.4, -0.2) is 9.97 Å². The molecule has 0 unspecified atom stereocenters. The van der Waals surface area contributed by atoms with E-state index in [9.17, 15) is 0 Å². The van der Waals surface area contributed by atoms with Gasteiger partial charge in [0.15, 0.2) is 0 Å². The Morgan fingerprint density at radius 2 is 1.40 bits per heavy atom. The average molecular weight is 261 g/mol. The summed E-state index contributed by atoms with van der Waals surface area (Å²) in [5, 5.41) is 0. The number of anilines is 1. The molecule has 0 aliphatic rings. The van der Waals surface area contributed by atoms with Crippen molar-refractivity contribution in [1.29, 1.82) is 0 Å². The second kappa shape index (κ2) is 5.13. The average Bonchev–Trinajstić information content (AvgIpc) is 2.48. The summed E-state index contributed by atoms with van der Waals surface area (Å²) >= 11 is 0. The van der Waals surface area contributed by atoms with Crippen LogP contribution in [0.15, 0.2) is 60.8 Å². The van der Waals surface area contributed by atoms with Crippen LogP contribution < -0.4 is 5.73 Å². The summed E-state index contributed by atoms with van der Waals surface area (Å²) in [6, 6.07) is 18.6. The number of aromatic nitrogens is 2. The fourth-order valence-corrected chi connectivity index (χ4v) is 2.23. The Balaban J connectivity index is 1.97. The molecule has 1 aromatic heterocycles. The first-order valence-corrected chi connectivity index (χ1v) is 6.49. The Kier molecular flexibility index (Phi) is 3.17. The van der Waals surface area contributed by atoms with Crippen LogP contribution in [0.2, 0.25) is 0 Å². The van der Waals surface area contributed by atoms with Crippen molar-refractivity contribution >= 4 is 5.82 Å². The SMILES string of the molecule is Cc1nc(N)cnc1-c1ccc(-c2ccccc2)cc1. The standard InChI is InChI=1S/C17H15N3/c1-12-17(19-11-16(18)20-12)15-9-7-14(8-10-15)13-5-3-2-4-6-13/h2-11H,1H3,(H2,18,20). The van der Waals surface area contributed by atoms with Crippen molar-refractivity contribution in [1.82, 2.24) is 9.97 Å². The Hall–Kier alpha value is -2.68. The van der Waals surface area contributed by atoms with E-state index in [4.69, 9.17) is 5.73 Å². The van der Waals surface area contributed by atoms with Crippen molar-refractivity contribution in [3.05, 3.63) is 66.5 Å². The number of aryl methyl sites for hydroxylation is 1. The number of nitrogens with two attached hydrogens (primary N) is 1. The fraction of sp³-hybridized carbons (Fsp3) is 0.0588. The summed E-state index contributed by atoms with van der Waals surface area (Å²) in [6.45, 7) is 1.92. The Bertz CT molecular complexity index is 719. The van der Waals surface area contributed by atoms with Crippen LogP contribution in [0.25, 0.3) is 22.4 Å². The van der Waals surface area contributed by atoms with E-state index in [0.717, 1.165) is 17.0 Å². The molecule has 3 rings (SSSR count). The third-order valence-corrected chi connectivity index (χ3v) is 3.23.